The van der Waals surface area contributed by atoms with Crippen LogP contribution in [0.2, 0.25) is 0 Å². The third-order valence-electron chi connectivity index (χ3n) is 3.74. The average Bonchev–Trinajstić information content (AvgIpc) is 3.01. The molecule has 0 fully saturated rings. The SMILES string of the molecule is Nc1nc2n(n1)CC(c1ccc3c(c1)OCO3)CC2. The Hall–Kier alpha value is -2.24. The van der Waals surface area contributed by atoms with Gasteiger partial charge in [0, 0.05) is 18.9 Å². The van der Waals surface area contributed by atoms with E-state index in [9.17, 15) is 0 Å². The Morgan fingerprint density at radius 1 is 1.26 bits per heavy atom. The summed E-state index contributed by atoms with van der Waals surface area (Å²) < 4.78 is 12.7. The van der Waals surface area contributed by atoms with Gasteiger partial charge in [0.2, 0.25) is 12.7 Å². The van der Waals surface area contributed by atoms with Crippen molar-refractivity contribution in [2.45, 2.75) is 25.3 Å². The zero-order valence-corrected chi connectivity index (χ0v) is 10.4. The van der Waals surface area contributed by atoms with Gasteiger partial charge in [0.1, 0.15) is 5.82 Å². The first-order chi connectivity index (χ1) is 9.29. The third-order valence-corrected chi connectivity index (χ3v) is 3.74. The van der Waals surface area contributed by atoms with Crippen molar-refractivity contribution in [2.24, 2.45) is 0 Å². The van der Waals surface area contributed by atoms with Gasteiger partial charge in [0.25, 0.3) is 0 Å². The van der Waals surface area contributed by atoms with Gasteiger partial charge in [-0.2, -0.15) is 4.98 Å². The molecule has 6 nitrogen and oxygen atoms in total. The van der Waals surface area contributed by atoms with Gasteiger partial charge in [-0.15, -0.1) is 5.10 Å². The van der Waals surface area contributed by atoms with Crippen molar-refractivity contribution in [3.05, 3.63) is 29.6 Å². The van der Waals surface area contributed by atoms with Crippen LogP contribution in [0, 0.1) is 0 Å². The highest BCUT2D eigenvalue weighted by Crippen LogP contribution is 2.37. The number of fused-ring (bicyclic) bond motifs is 2. The van der Waals surface area contributed by atoms with Crippen LogP contribution in [0.15, 0.2) is 18.2 Å². The molecule has 2 aliphatic heterocycles. The fraction of sp³-hybridized carbons (Fsp3) is 0.385. The Bertz CT molecular complexity index is 638. The maximum Gasteiger partial charge on any atom is 0.239 e. The Labute approximate surface area is 110 Å². The summed E-state index contributed by atoms with van der Waals surface area (Å²) in [5.74, 6) is 3.42. The van der Waals surface area contributed by atoms with Crippen LogP contribution in [0.25, 0.3) is 0 Å². The molecule has 2 N–H and O–H groups in total. The predicted molar refractivity (Wildman–Crippen MR) is 68.1 cm³/mol. The van der Waals surface area contributed by atoms with Crippen molar-refractivity contribution in [1.82, 2.24) is 14.8 Å². The second kappa shape index (κ2) is 3.88. The van der Waals surface area contributed by atoms with E-state index in [0.29, 0.717) is 18.7 Å². The summed E-state index contributed by atoms with van der Waals surface area (Å²) in [6, 6.07) is 6.14. The summed E-state index contributed by atoms with van der Waals surface area (Å²) in [6.45, 7) is 1.13. The fourth-order valence-corrected chi connectivity index (χ4v) is 2.77. The summed E-state index contributed by atoms with van der Waals surface area (Å²) in [4.78, 5) is 4.22. The Balaban J connectivity index is 1.64. The van der Waals surface area contributed by atoms with Gasteiger partial charge in [0.05, 0.1) is 0 Å². The minimum atomic E-state index is 0.313. The van der Waals surface area contributed by atoms with E-state index in [0.717, 1.165) is 36.7 Å². The molecule has 0 radical (unpaired) electrons. The van der Waals surface area contributed by atoms with Crippen LogP contribution in [0.4, 0.5) is 5.95 Å². The average molecular weight is 258 g/mol. The minimum absolute atomic E-state index is 0.313. The zero-order chi connectivity index (χ0) is 12.8. The number of rotatable bonds is 1. The van der Waals surface area contributed by atoms with Crippen LogP contribution in [0.5, 0.6) is 11.5 Å². The molecule has 2 aliphatic rings. The second-order valence-electron chi connectivity index (χ2n) is 4.92. The van der Waals surface area contributed by atoms with Crippen LogP contribution >= 0.6 is 0 Å². The summed E-state index contributed by atoms with van der Waals surface area (Å²) in [5.41, 5.74) is 6.89. The highest BCUT2D eigenvalue weighted by molar-refractivity contribution is 5.45. The van der Waals surface area contributed by atoms with Gasteiger partial charge in [0.15, 0.2) is 11.5 Å². The number of aromatic nitrogens is 3. The molecule has 19 heavy (non-hydrogen) atoms. The first-order valence-corrected chi connectivity index (χ1v) is 6.38. The molecule has 0 saturated heterocycles. The lowest BCUT2D eigenvalue weighted by atomic mass is 9.91. The quantitative estimate of drug-likeness (QED) is 0.835. The number of hydrogen-bond donors (Lipinski definition) is 1. The van der Waals surface area contributed by atoms with E-state index in [1.807, 2.05) is 10.7 Å². The number of hydrogen-bond acceptors (Lipinski definition) is 5. The Kier molecular flexibility index (Phi) is 2.18. The molecule has 1 aromatic heterocycles. The summed E-state index contributed by atoms with van der Waals surface area (Å²) in [6.07, 6.45) is 1.96. The number of anilines is 1. The van der Waals surface area contributed by atoms with Gasteiger partial charge in [-0.25, -0.2) is 4.68 Å². The summed E-state index contributed by atoms with van der Waals surface area (Å²) in [5, 5.41) is 4.23. The number of aryl methyl sites for hydroxylation is 1. The molecule has 1 aromatic carbocycles. The number of nitrogens with zero attached hydrogens (tertiary/aromatic N) is 3. The van der Waals surface area contributed by atoms with Gasteiger partial charge in [-0.05, 0) is 24.1 Å². The van der Waals surface area contributed by atoms with Crippen LogP contribution in [0.3, 0.4) is 0 Å². The zero-order valence-electron chi connectivity index (χ0n) is 10.4. The van der Waals surface area contributed by atoms with Crippen LogP contribution in [-0.4, -0.2) is 21.6 Å². The molecule has 6 heteroatoms. The second-order valence-corrected chi connectivity index (χ2v) is 4.92. The van der Waals surface area contributed by atoms with Crippen molar-refractivity contribution in [3.8, 4) is 11.5 Å². The lowest BCUT2D eigenvalue weighted by Gasteiger charge is -2.22. The monoisotopic (exact) mass is 258 g/mol. The highest BCUT2D eigenvalue weighted by Gasteiger charge is 2.24. The first kappa shape index (κ1) is 10.7. The maximum atomic E-state index is 5.64. The molecule has 0 saturated carbocycles. The molecule has 98 valence electrons. The molecule has 1 unspecified atom stereocenters. The fourth-order valence-electron chi connectivity index (χ4n) is 2.77. The minimum Gasteiger partial charge on any atom is -0.454 e. The molecular weight excluding hydrogens is 244 g/mol. The Morgan fingerprint density at radius 3 is 3.11 bits per heavy atom. The molecule has 0 aliphatic carbocycles. The van der Waals surface area contributed by atoms with Crippen LogP contribution in [-0.2, 0) is 13.0 Å². The molecule has 0 amide bonds. The maximum absolute atomic E-state index is 5.64. The van der Waals surface area contributed by atoms with E-state index in [1.165, 1.54) is 5.56 Å². The number of benzene rings is 1. The molecule has 3 heterocycles. The smallest absolute Gasteiger partial charge is 0.239 e. The van der Waals surface area contributed by atoms with Crippen LogP contribution < -0.4 is 15.2 Å². The number of nitrogens with two attached hydrogens (primary N) is 1. The lowest BCUT2D eigenvalue weighted by molar-refractivity contribution is 0.174. The highest BCUT2D eigenvalue weighted by atomic mass is 16.7. The van der Waals surface area contributed by atoms with E-state index < -0.39 is 0 Å². The van der Waals surface area contributed by atoms with E-state index >= 15 is 0 Å². The topological polar surface area (TPSA) is 75.2 Å². The number of nitrogen functional groups attached to an aromatic ring is 1. The van der Waals surface area contributed by atoms with Crippen molar-refractivity contribution in [2.75, 3.05) is 12.5 Å². The third kappa shape index (κ3) is 1.71. The molecular formula is C13H14N4O2. The Morgan fingerprint density at radius 2 is 2.16 bits per heavy atom. The van der Waals surface area contributed by atoms with Gasteiger partial charge >= 0.3 is 0 Å². The van der Waals surface area contributed by atoms with Crippen molar-refractivity contribution < 1.29 is 9.47 Å². The lowest BCUT2D eigenvalue weighted by Crippen LogP contribution is -2.20. The summed E-state index contributed by atoms with van der Waals surface area (Å²) >= 11 is 0. The number of ether oxygens (including phenoxy) is 2. The molecule has 0 spiro atoms. The largest absolute Gasteiger partial charge is 0.454 e. The van der Waals surface area contributed by atoms with Gasteiger partial charge < -0.3 is 15.2 Å². The van der Waals surface area contributed by atoms with Crippen LogP contribution in [0.1, 0.15) is 23.7 Å². The van der Waals surface area contributed by atoms with E-state index in [2.05, 4.69) is 22.2 Å². The van der Waals surface area contributed by atoms with E-state index in [-0.39, 0.29) is 0 Å². The summed E-state index contributed by atoms with van der Waals surface area (Å²) in [7, 11) is 0. The van der Waals surface area contributed by atoms with Gasteiger partial charge in [-0.1, -0.05) is 6.07 Å². The predicted octanol–water partition coefficient (Wildman–Crippen LogP) is 1.32. The van der Waals surface area contributed by atoms with Crippen molar-refractivity contribution in [3.63, 3.8) is 0 Å². The standard InChI is InChI=1S/C13H14N4O2/c14-13-15-12-4-2-9(6-17(12)16-13)8-1-3-10-11(5-8)19-7-18-10/h1,3,5,9H,2,4,6-7H2,(H2,14,16). The molecule has 0 bridgehead atoms. The van der Waals surface area contributed by atoms with Crippen molar-refractivity contribution in [1.29, 1.82) is 0 Å². The van der Waals surface area contributed by atoms with E-state index in [1.54, 1.807) is 0 Å². The first-order valence-electron chi connectivity index (χ1n) is 6.38. The normalized spacial score (nSPS) is 20.3. The van der Waals surface area contributed by atoms with Gasteiger partial charge in [-0.3, -0.25) is 0 Å². The molecule has 1 atom stereocenters. The van der Waals surface area contributed by atoms with E-state index in [4.69, 9.17) is 15.2 Å². The van der Waals surface area contributed by atoms with Crippen molar-refractivity contribution >= 4 is 5.95 Å². The molecule has 2 aromatic rings. The molecule has 4 rings (SSSR count).